The topological polar surface area (TPSA) is 116 Å². The molecule has 0 spiro atoms. The van der Waals surface area contributed by atoms with Crippen molar-refractivity contribution in [3.8, 4) is 0 Å². The summed E-state index contributed by atoms with van der Waals surface area (Å²) < 4.78 is 5.14. The van der Waals surface area contributed by atoms with Crippen LogP contribution in [0.15, 0.2) is 54.6 Å². The Bertz CT molecular complexity index is 1110. The largest absolute Gasteiger partial charge is 0.445 e. The zero-order valence-corrected chi connectivity index (χ0v) is 19.7. The predicted octanol–water partition coefficient (Wildman–Crippen LogP) is 2.78. The first-order valence-corrected chi connectivity index (χ1v) is 12.0. The third-order valence-electron chi connectivity index (χ3n) is 6.14. The number of rotatable bonds is 9. The summed E-state index contributed by atoms with van der Waals surface area (Å²) in [6.45, 7) is 1.96. The van der Waals surface area contributed by atoms with Gasteiger partial charge in [-0.25, -0.2) is 9.78 Å². The lowest BCUT2D eigenvalue weighted by molar-refractivity contribution is -0.135. The number of fused-ring (bicyclic) bond motifs is 1. The molecule has 0 unspecified atom stereocenters. The average molecular weight is 478 g/mol. The van der Waals surface area contributed by atoms with Crippen LogP contribution in [0.5, 0.6) is 0 Å². The Morgan fingerprint density at radius 1 is 0.971 bits per heavy atom. The smallest absolute Gasteiger partial charge is 0.407 e. The van der Waals surface area contributed by atoms with Gasteiger partial charge in [-0.05, 0) is 30.5 Å². The molecule has 4 rings (SSSR count). The van der Waals surface area contributed by atoms with Gasteiger partial charge in [0.2, 0.25) is 11.8 Å². The summed E-state index contributed by atoms with van der Waals surface area (Å²) in [5, 5.41) is 5.49. The fourth-order valence-corrected chi connectivity index (χ4v) is 4.17. The van der Waals surface area contributed by atoms with E-state index in [1.54, 1.807) is 0 Å². The van der Waals surface area contributed by atoms with Gasteiger partial charge in [0.05, 0.1) is 11.0 Å². The molecule has 0 aliphatic carbocycles. The molecule has 1 saturated heterocycles. The van der Waals surface area contributed by atoms with Gasteiger partial charge < -0.3 is 25.3 Å². The Kier molecular flexibility index (Phi) is 8.32. The van der Waals surface area contributed by atoms with Gasteiger partial charge in [-0.2, -0.15) is 0 Å². The van der Waals surface area contributed by atoms with Crippen molar-refractivity contribution >= 4 is 28.9 Å². The molecule has 0 radical (unpaired) electrons. The average Bonchev–Trinajstić information content (AvgIpc) is 3.32. The molecule has 0 atom stereocenters. The lowest BCUT2D eigenvalue weighted by atomic mass is 9.95. The Morgan fingerprint density at radius 2 is 1.69 bits per heavy atom. The number of imidazole rings is 1. The fraction of sp³-hybridized carbons (Fsp3) is 0.385. The molecule has 2 heterocycles. The minimum atomic E-state index is -0.516. The van der Waals surface area contributed by atoms with E-state index >= 15 is 0 Å². The number of hydrogen-bond acceptors (Lipinski definition) is 5. The number of alkyl carbamates (subject to hydrolysis) is 1. The van der Waals surface area contributed by atoms with E-state index in [1.807, 2.05) is 59.5 Å². The zero-order chi connectivity index (χ0) is 24.5. The highest BCUT2D eigenvalue weighted by atomic mass is 16.5. The molecule has 35 heavy (non-hydrogen) atoms. The van der Waals surface area contributed by atoms with Crippen LogP contribution in [0, 0.1) is 5.92 Å². The first kappa shape index (κ1) is 24.3. The summed E-state index contributed by atoms with van der Waals surface area (Å²) in [7, 11) is 0. The van der Waals surface area contributed by atoms with Gasteiger partial charge in [-0.3, -0.25) is 9.59 Å². The Hall–Kier alpha value is -3.88. The van der Waals surface area contributed by atoms with Gasteiger partial charge in [0.25, 0.3) is 0 Å². The minimum absolute atomic E-state index is 0.0428. The van der Waals surface area contributed by atoms with Crippen LogP contribution < -0.4 is 10.6 Å². The second kappa shape index (κ2) is 12.0. The molecule has 9 heteroatoms. The van der Waals surface area contributed by atoms with Gasteiger partial charge in [0.1, 0.15) is 12.4 Å². The SMILES string of the molecule is O=C(NCCNC(=O)C1CCN(C(=O)CCc2nc3ccccc3[nH]2)CC1)OCc1ccccc1. The highest BCUT2D eigenvalue weighted by molar-refractivity contribution is 5.80. The number of para-hydroxylation sites is 2. The number of aromatic amines is 1. The summed E-state index contributed by atoms with van der Waals surface area (Å²) in [5.41, 5.74) is 2.79. The Morgan fingerprint density at radius 3 is 2.46 bits per heavy atom. The summed E-state index contributed by atoms with van der Waals surface area (Å²) in [5.74, 6) is 0.729. The zero-order valence-electron chi connectivity index (χ0n) is 19.7. The molecule has 9 nitrogen and oxygen atoms in total. The second-order valence-electron chi connectivity index (χ2n) is 8.64. The third kappa shape index (κ3) is 7.05. The maximum Gasteiger partial charge on any atom is 0.407 e. The van der Waals surface area contributed by atoms with E-state index in [4.69, 9.17) is 4.74 Å². The molecule has 1 fully saturated rings. The fourth-order valence-electron chi connectivity index (χ4n) is 4.17. The van der Waals surface area contributed by atoms with Crippen molar-refractivity contribution in [2.24, 2.45) is 5.92 Å². The molecule has 184 valence electrons. The standard InChI is InChI=1S/C26H31N5O4/c32-24(11-10-23-29-21-8-4-5-9-22(21)30-23)31-16-12-20(13-17-31)25(33)27-14-15-28-26(34)35-18-19-6-2-1-3-7-19/h1-9,20H,10-18H2,(H,27,33)(H,28,34)(H,29,30). The molecule has 2 aromatic carbocycles. The van der Waals surface area contributed by atoms with Crippen LogP contribution in [0.2, 0.25) is 0 Å². The summed E-state index contributed by atoms with van der Waals surface area (Å²) in [4.78, 5) is 46.4. The van der Waals surface area contributed by atoms with Crippen LogP contribution in [-0.4, -0.2) is 59.0 Å². The van der Waals surface area contributed by atoms with Crippen molar-refractivity contribution in [3.63, 3.8) is 0 Å². The van der Waals surface area contributed by atoms with Crippen LogP contribution in [0.3, 0.4) is 0 Å². The molecule has 1 aromatic heterocycles. The van der Waals surface area contributed by atoms with E-state index in [2.05, 4.69) is 20.6 Å². The first-order valence-electron chi connectivity index (χ1n) is 12.0. The molecule has 3 amide bonds. The maximum atomic E-state index is 12.6. The van der Waals surface area contributed by atoms with Crippen molar-refractivity contribution in [2.45, 2.75) is 32.3 Å². The minimum Gasteiger partial charge on any atom is -0.445 e. The van der Waals surface area contributed by atoms with Crippen LogP contribution in [0.25, 0.3) is 11.0 Å². The van der Waals surface area contributed by atoms with E-state index in [1.165, 1.54) is 0 Å². The van der Waals surface area contributed by atoms with Crippen molar-refractivity contribution in [2.75, 3.05) is 26.2 Å². The van der Waals surface area contributed by atoms with Crippen LogP contribution in [0.4, 0.5) is 4.79 Å². The number of benzene rings is 2. The number of aryl methyl sites for hydroxylation is 1. The summed E-state index contributed by atoms with van der Waals surface area (Å²) in [6.07, 6.45) is 1.71. The number of ether oxygens (including phenoxy) is 1. The predicted molar refractivity (Wildman–Crippen MR) is 131 cm³/mol. The Labute approximate surface area is 204 Å². The van der Waals surface area contributed by atoms with Crippen LogP contribution in [-0.2, 0) is 27.4 Å². The van der Waals surface area contributed by atoms with Gasteiger partial charge in [0.15, 0.2) is 0 Å². The van der Waals surface area contributed by atoms with Crippen molar-refractivity contribution in [1.29, 1.82) is 0 Å². The monoisotopic (exact) mass is 477 g/mol. The number of carbonyl (C=O) groups excluding carboxylic acids is 3. The summed E-state index contributed by atoms with van der Waals surface area (Å²) >= 11 is 0. The number of amides is 3. The van der Waals surface area contributed by atoms with Gasteiger partial charge in [0, 0.05) is 44.9 Å². The van der Waals surface area contributed by atoms with Crippen molar-refractivity contribution in [3.05, 3.63) is 66.0 Å². The van der Waals surface area contributed by atoms with E-state index < -0.39 is 6.09 Å². The number of piperidine rings is 1. The van der Waals surface area contributed by atoms with E-state index in [9.17, 15) is 14.4 Å². The lowest BCUT2D eigenvalue weighted by Gasteiger charge is -2.31. The third-order valence-corrected chi connectivity index (χ3v) is 6.14. The molecule has 0 bridgehead atoms. The number of aromatic nitrogens is 2. The lowest BCUT2D eigenvalue weighted by Crippen LogP contribution is -2.44. The number of likely N-dealkylation sites (tertiary alicyclic amines) is 1. The molecule has 3 N–H and O–H groups in total. The molecular formula is C26H31N5O4. The number of carbonyl (C=O) groups is 3. The molecule has 0 saturated carbocycles. The second-order valence-corrected chi connectivity index (χ2v) is 8.64. The van der Waals surface area contributed by atoms with E-state index in [0.29, 0.717) is 51.9 Å². The first-order chi connectivity index (χ1) is 17.1. The van der Waals surface area contributed by atoms with Gasteiger partial charge >= 0.3 is 6.09 Å². The highest BCUT2D eigenvalue weighted by Gasteiger charge is 2.27. The number of nitrogens with zero attached hydrogens (tertiary/aromatic N) is 2. The van der Waals surface area contributed by atoms with Gasteiger partial charge in [-0.15, -0.1) is 0 Å². The molecular weight excluding hydrogens is 446 g/mol. The van der Waals surface area contributed by atoms with E-state index in [0.717, 1.165) is 22.4 Å². The highest BCUT2D eigenvalue weighted by Crippen LogP contribution is 2.19. The Balaban J connectivity index is 1.09. The molecule has 1 aliphatic heterocycles. The van der Waals surface area contributed by atoms with Gasteiger partial charge in [-0.1, -0.05) is 42.5 Å². The summed E-state index contributed by atoms with van der Waals surface area (Å²) in [6, 6.07) is 17.2. The van der Waals surface area contributed by atoms with Crippen molar-refractivity contribution in [1.82, 2.24) is 25.5 Å². The quantitative estimate of drug-likeness (QED) is 0.410. The maximum absolute atomic E-state index is 12.6. The van der Waals surface area contributed by atoms with E-state index in [-0.39, 0.29) is 24.3 Å². The number of nitrogens with one attached hydrogen (secondary N) is 3. The van der Waals surface area contributed by atoms with Crippen LogP contribution >= 0.6 is 0 Å². The number of hydrogen-bond donors (Lipinski definition) is 3. The number of H-pyrrole nitrogens is 1. The molecule has 1 aliphatic rings. The van der Waals surface area contributed by atoms with Crippen LogP contribution in [0.1, 0.15) is 30.7 Å². The van der Waals surface area contributed by atoms with Crippen molar-refractivity contribution < 1.29 is 19.1 Å². The molecule has 3 aromatic rings. The normalized spacial score (nSPS) is 14.0.